The van der Waals surface area contributed by atoms with Crippen LogP contribution in [0.1, 0.15) is 12.6 Å². The highest BCUT2D eigenvalue weighted by atomic mass is 32.1. The van der Waals surface area contributed by atoms with Crippen molar-refractivity contribution < 1.29 is 14.7 Å². The second-order valence-corrected chi connectivity index (χ2v) is 3.49. The Balaban J connectivity index is 2.60. The van der Waals surface area contributed by atoms with E-state index in [4.69, 9.17) is 5.11 Å². The first kappa shape index (κ1) is 10.6. The van der Waals surface area contributed by atoms with Crippen LogP contribution in [0.15, 0.2) is 10.9 Å². The van der Waals surface area contributed by atoms with Gasteiger partial charge in [0.15, 0.2) is 0 Å². The molecule has 0 aliphatic heterocycles. The van der Waals surface area contributed by atoms with Gasteiger partial charge in [-0.05, 0) is 0 Å². The van der Waals surface area contributed by atoms with Gasteiger partial charge in [-0.3, -0.25) is 4.79 Å². The Kier molecular flexibility index (Phi) is 3.58. The van der Waals surface area contributed by atoms with Gasteiger partial charge in [-0.25, -0.2) is 9.78 Å². The lowest BCUT2D eigenvalue weighted by atomic mass is 10.2. The van der Waals surface area contributed by atoms with Gasteiger partial charge < -0.3 is 10.4 Å². The Hall–Kier alpha value is -1.43. The first-order chi connectivity index (χ1) is 6.59. The van der Waals surface area contributed by atoms with Gasteiger partial charge in [0.1, 0.15) is 6.04 Å². The molecule has 1 aromatic rings. The molecule has 1 amide bonds. The number of aliphatic carboxylic acids is 1. The summed E-state index contributed by atoms with van der Waals surface area (Å²) < 4.78 is 0. The fraction of sp³-hybridized carbons (Fsp3) is 0.375. The molecule has 0 saturated carbocycles. The Labute approximate surface area is 84.8 Å². The van der Waals surface area contributed by atoms with Gasteiger partial charge in [0.25, 0.3) is 0 Å². The predicted octanol–water partition coefficient (Wildman–Crippen LogP) is 0.275. The summed E-state index contributed by atoms with van der Waals surface area (Å²) in [6.07, 6.45) is 0.221. The van der Waals surface area contributed by atoms with Gasteiger partial charge >= 0.3 is 5.97 Å². The summed E-state index contributed by atoms with van der Waals surface area (Å²) in [5.41, 5.74) is 2.30. The maximum atomic E-state index is 10.7. The molecule has 0 bridgehead atoms. The van der Waals surface area contributed by atoms with Crippen LogP contribution in [-0.4, -0.2) is 28.0 Å². The number of nitrogens with one attached hydrogen (secondary N) is 1. The van der Waals surface area contributed by atoms with E-state index in [2.05, 4.69) is 10.3 Å². The van der Waals surface area contributed by atoms with E-state index in [1.165, 1.54) is 18.3 Å². The molecule has 0 fully saturated rings. The van der Waals surface area contributed by atoms with Gasteiger partial charge in [0, 0.05) is 18.7 Å². The number of amides is 1. The number of nitrogens with zero attached hydrogens (tertiary/aromatic N) is 1. The first-order valence-electron chi connectivity index (χ1n) is 3.96. The van der Waals surface area contributed by atoms with Crippen LogP contribution in [0.4, 0.5) is 0 Å². The third-order valence-corrected chi connectivity index (χ3v) is 2.21. The molecule has 0 aliphatic rings. The molecule has 1 rings (SSSR count). The number of carbonyl (C=O) groups excluding carboxylic acids is 1. The Morgan fingerprint density at radius 3 is 2.86 bits per heavy atom. The highest BCUT2D eigenvalue weighted by Gasteiger charge is 2.19. The number of rotatable bonds is 4. The largest absolute Gasteiger partial charge is 0.480 e. The number of carboxylic acid groups (broad SMARTS) is 1. The lowest BCUT2D eigenvalue weighted by molar-refractivity contribution is -0.141. The molecule has 0 aliphatic carbocycles. The SMILES string of the molecule is CC(=O)N[C@H](Cc1cscn1)C(=O)O. The van der Waals surface area contributed by atoms with E-state index in [0.717, 1.165) is 0 Å². The van der Waals surface area contributed by atoms with Gasteiger partial charge in [0.05, 0.1) is 11.2 Å². The number of aromatic nitrogens is 1. The molecule has 0 unspecified atom stereocenters. The van der Waals surface area contributed by atoms with E-state index in [9.17, 15) is 9.59 Å². The van der Waals surface area contributed by atoms with Crippen LogP contribution in [-0.2, 0) is 16.0 Å². The summed E-state index contributed by atoms with van der Waals surface area (Å²) >= 11 is 1.40. The average Bonchev–Trinajstić information content (AvgIpc) is 2.54. The van der Waals surface area contributed by atoms with Crippen LogP contribution in [0.2, 0.25) is 0 Å². The van der Waals surface area contributed by atoms with Crippen molar-refractivity contribution in [1.82, 2.24) is 10.3 Å². The molecule has 0 spiro atoms. The van der Waals surface area contributed by atoms with E-state index < -0.39 is 12.0 Å². The molecule has 1 aromatic heterocycles. The van der Waals surface area contributed by atoms with Crippen molar-refractivity contribution in [2.75, 3.05) is 0 Å². The molecule has 0 aromatic carbocycles. The summed E-state index contributed by atoms with van der Waals surface area (Å²) in [6.45, 7) is 1.29. The monoisotopic (exact) mass is 214 g/mol. The molecule has 6 heteroatoms. The zero-order valence-corrected chi connectivity index (χ0v) is 8.37. The summed E-state index contributed by atoms with van der Waals surface area (Å²) in [4.78, 5) is 25.4. The van der Waals surface area contributed by atoms with E-state index in [1.54, 1.807) is 10.9 Å². The fourth-order valence-corrected chi connectivity index (χ4v) is 1.56. The predicted molar refractivity (Wildman–Crippen MR) is 51.1 cm³/mol. The molecular weight excluding hydrogens is 204 g/mol. The highest BCUT2D eigenvalue weighted by Crippen LogP contribution is 2.04. The second kappa shape index (κ2) is 4.71. The van der Waals surface area contributed by atoms with Crippen LogP contribution < -0.4 is 5.32 Å². The highest BCUT2D eigenvalue weighted by molar-refractivity contribution is 7.07. The molecule has 14 heavy (non-hydrogen) atoms. The Morgan fingerprint density at radius 2 is 2.43 bits per heavy atom. The lowest BCUT2D eigenvalue weighted by Crippen LogP contribution is -2.41. The van der Waals surface area contributed by atoms with Gasteiger partial charge in [-0.15, -0.1) is 11.3 Å². The Morgan fingerprint density at radius 1 is 1.71 bits per heavy atom. The van der Waals surface area contributed by atoms with Gasteiger partial charge in [0.2, 0.25) is 5.91 Å². The summed E-state index contributed by atoms with van der Waals surface area (Å²) in [6, 6.07) is -0.894. The molecule has 0 saturated heterocycles. The van der Waals surface area contributed by atoms with Crippen LogP contribution in [0, 0.1) is 0 Å². The third-order valence-electron chi connectivity index (χ3n) is 1.57. The molecule has 1 atom stereocenters. The molecule has 1 heterocycles. The number of thiazole rings is 1. The van der Waals surface area contributed by atoms with E-state index in [-0.39, 0.29) is 12.3 Å². The fourth-order valence-electron chi connectivity index (χ4n) is 0.993. The zero-order valence-electron chi connectivity index (χ0n) is 7.56. The molecule has 5 nitrogen and oxygen atoms in total. The molecular formula is C8H10N2O3S. The maximum absolute atomic E-state index is 10.7. The average molecular weight is 214 g/mol. The van der Waals surface area contributed by atoms with Crippen LogP contribution in [0.3, 0.4) is 0 Å². The van der Waals surface area contributed by atoms with Crippen LogP contribution >= 0.6 is 11.3 Å². The van der Waals surface area contributed by atoms with Crippen molar-refractivity contribution in [3.8, 4) is 0 Å². The Bertz CT molecular complexity index is 323. The number of carbonyl (C=O) groups is 2. The third kappa shape index (κ3) is 3.14. The van der Waals surface area contributed by atoms with Crippen molar-refractivity contribution in [2.24, 2.45) is 0 Å². The van der Waals surface area contributed by atoms with Crippen molar-refractivity contribution in [3.63, 3.8) is 0 Å². The normalized spacial score (nSPS) is 12.1. The molecule has 76 valence electrons. The topological polar surface area (TPSA) is 79.3 Å². The second-order valence-electron chi connectivity index (χ2n) is 2.78. The van der Waals surface area contributed by atoms with Gasteiger partial charge in [-0.1, -0.05) is 0 Å². The summed E-state index contributed by atoms with van der Waals surface area (Å²) in [5.74, 6) is -1.40. The van der Waals surface area contributed by atoms with E-state index in [1.807, 2.05) is 0 Å². The zero-order chi connectivity index (χ0) is 10.6. The van der Waals surface area contributed by atoms with Crippen molar-refractivity contribution in [3.05, 3.63) is 16.6 Å². The van der Waals surface area contributed by atoms with Crippen LogP contribution in [0.25, 0.3) is 0 Å². The van der Waals surface area contributed by atoms with Crippen LogP contribution in [0.5, 0.6) is 0 Å². The number of carboxylic acids is 1. The summed E-state index contributed by atoms with van der Waals surface area (Å²) in [7, 11) is 0. The lowest BCUT2D eigenvalue weighted by Gasteiger charge is -2.11. The first-order valence-corrected chi connectivity index (χ1v) is 4.91. The number of hydrogen-bond acceptors (Lipinski definition) is 4. The van der Waals surface area contributed by atoms with Crippen molar-refractivity contribution >= 4 is 23.2 Å². The molecule has 0 radical (unpaired) electrons. The smallest absolute Gasteiger partial charge is 0.326 e. The van der Waals surface area contributed by atoms with Crippen molar-refractivity contribution in [2.45, 2.75) is 19.4 Å². The minimum atomic E-state index is -1.05. The van der Waals surface area contributed by atoms with Crippen molar-refractivity contribution in [1.29, 1.82) is 0 Å². The summed E-state index contributed by atoms with van der Waals surface area (Å²) in [5, 5.41) is 12.9. The number of hydrogen-bond donors (Lipinski definition) is 2. The standard InChI is InChI=1S/C8H10N2O3S/c1-5(11)10-7(8(12)13)2-6-3-14-4-9-6/h3-4,7H,2H2,1H3,(H,10,11)(H,12,13)/t7-/m1/s1. The maximum Gasteiger partial charge on any atom is 0.326 e. The van der Waals surface area contributed by atoms with E-state index in [0.29, 0.717) is 5.69 Å². The minimum Gasteiger partial charge on any atom is -0.480 e. The van der Waals surface area contributed by atoms with E-state index >= 15 is 0 Å². The van der Waals surface area contributed by atoms with Gasteiger partial charge in [-0.2, -0.15) is 0 Å². The quantitative estimate of drug-likeness (QED) is 0.754. The molecule has 2 N–H and O–H groups in total. The minimum absolute atomic E-state index is 0.221.